The van der Waals surface area contributed by atoms with Gasteiger partial charge in [-0.25, -0.2) is 0 Å². The Morgan fingerprint density at radius 2 is 2.16 bits per heavy atom. The number of rotatable bonds is 8. The van der Waals surface area contributed by atoms with Crippen LogP contribution in [0.4, 0.5) is 5.69 Å². The standard InChI is InChI=1S/C23H26N2O6/c1-2-28-23-17(6-4-10-26)18(15-7-8-19-20(11-15)30-14-29-19)12-21(31-23)22(27)25-16-5-3-9-24-13-16/h3,5,7-9,11-13,17-18,23,26H,2,4,6,10,14H2,1H3,(H,25,27)/t17-,18+,23+/m0/s1. The molecule has 4 rings (SSSR count). The first-order valence-corrected chi connectivity index (χ1v) is 10.4. The molecule has 2 aliphatic heterocycles. The highest BCUT2D eigenvalue weighted by molar-refractivity contribution is 6.02. The summed E-state index contributed by atoms with van der Waals surface area (Å²) in [6, 6.07) is 9.27. The first kappa shape index (κ1) is 21.1. The maximum atomic E-state index is 12.9. The predicted octanol–water partition coefficient (Wildman–Crippen LogP) is 3.20. The lowest BCUT2D eigenvalue weighted by atomic mass is 9.80. The van der Waals surface area contributed by atoms with Gasteiger partial charge in [0.05, 0.1) is 11.9 Å². The molecule has 2 N–H and O–H groups in total. The number of hydrogen-bond donors (Lipinski definition) is 2. The maximum Gasteiger partial charge on any atom is 0.290 e. The normalized spacial score (nSPS) is 21.9. The molecule has 1 amide bonds. The Balaban J connectivity index is 1.67. The van der Waals surface area contributed by atoms with Gasteiger partial charge >= 0.3 is 0 Å². The van der Waals surface area contributed by atoms with Crippen LogP contribution < -0.4 is 14.8 Å². The monoisotopic (exact) mass is 426 g/mol. The van der Waals surface area contributed by atoms with Crippen LogP contribution in [0.15, 0.2) is 54.6 Å². The molecule has 31 heavy (non-hydrogen) atoms. The molecule has 0 fully saturated rings. The van der Waals surface area contributed by atoms with E-state index in [2.05, 4.69) is 10.3 Å². The van der Waals surface area contributed by atoms with E-state index in [0.29, 0.717) is 36.6 Å². The summed E-state index contributed by atoms with van der Waals surface area (Å²) in [5, 5.41) is 12.2. The molecule has 1 aromatic carbocycles. The minimum atomic E-state index is -0.619. The van der Waals surface area contributed by atoms with Gasteiger partial charge in [-0.05, 0) is 55.7 Å². The molecule has 8 nitrogen and oxygen atoms in total. The van der Waals surface area contributed by atoms with Crippen LogP contribution in [0.1, 0.15) is 31.2 Å². The van der Waals surface area contributed by atoms with Crippen molar-refractivity contribution in [2.75, 3.05) is 25.3 Å². The molecule has 2 aliphatic rings. The van der Waals surface area contributed by atoms with Crippen LogP contribution in [-0.2, 0) is 14.3 Å². The van der Waals surface area contributed by atoms with E-state index < -0.39 is 6.29 Å². The van der Waals surface area contributed by atoms with Crippen molar-refractivity contribution in [1.82, 2.24) is 4.98 Å². The van der Waals surface area contributed by atoms with Gasteiger partial charge in [-0.15, -0.1) is 0 Å². The van der Waals surface area contributed by atoms with Crippen molar-refractivity contribution in [2.45, 2.75) is 32.0 Å². The van der Waals surface area contributed by atoms with Gasteiger partial charge in [0.1, 0.15) is 0 Å². The lowest BCUT2D eigenvalue weighted by molar-refractivity contribution is -0.165. The van der Waals surface area contributed by atoms with E-state index in [1.807, 2.05) is 31.2 Å². The molecular weight excluding hydrogens is 400 g/mol. The highest BCUT2D eigenvalue weighted by Crippen LogP contribution is 2.42. The quantitative estimate of drug-likeness (QED) is 0.669. The van der Waals surface area contributed by atoms with Crippen LogP contribution >= 0.6 is 0 Å². The van der Waals surface area contributed by atoms with Crippen LogP contribution in [-0.4, -0.2) is 42.3 Å². The zero-order chi connectivity index (χ0) is 21.6. The Hall–Kier alpha value is -3.10. The number of hydrogen-bond acceptors (Lipinski definition) is 7. The fraction of sp³-hybridized carbons (Fsp3) is 0.391. The lowest BCUT2D eigenvalue weighted by Crippen LogP contribution is -2.37. The summed E-state index contributed by atoms with van der Waals surface area (Å²) in [5.41, 5.74) is 1.54. The number of fused-ring (bicyclic) bond motifs is 1. The second-order valence-corrected chi connectivity index (χ2v) is 7.34. The van der Waals surface area contributed by atoms with E-state index in [1.165, 1.54) is 0 Å². The Labute approximate surface area is 180 Å². The summed E-state index contributed by atoms with van der Waals surface area (Å²) >= 11 is 0. The van der Waals surface area contributed by atoms with Crippen LogP contribution in [0.2, 0.25) is 0 Å². The number of allylic oxidation sites excluding steroid dienone is 1. The SMILES string of the molecule is CCO[C@@H]1OC(C(=O)Nc2cccnc2)=C[C@H](c2ccc3c(c2)OCO3)[C@@H]1CCCO. The summed E-state index contributed by atoms with van der Waals surface area (Å²) in [6.07, 6.45) is 5.68. The van der Waals surface area contributed by atoms with E-state index in [0.717, 1.165) is 5.56 Å². The van der Waals surface area contributed by atoms with Crippen molar-refractivity contribution in [3.8, 4) is 11.5 Å². The van der Waals surface area contributed by atoms with E-state index >= 15 is 0 Å². The minimum Gasteiger partial charge on any atom is -0.459 e. The van der Waals surface area contributed by atoms with Crippen molar-refractivity contribution in [3.63, 3.8) is 0 Å². The van der Waals surface area contributed by atoms with Crippen LogP contribution in [0.5, 0.6) is 11.5 Å². The van der Waals surface area contributed by atoms with Gasteiger partial charge < -0.3 is 29.4 Å². The molecular formula is C23H26N2O6. The van der Waals surface area contributed by atoms with Gasteiger partial charge in [-0.2, -0.15) is 0 Å². The van der Waals surface area contributed by atoms with Gasteiger partial charge in [-0.1, -0.05) is 6.07 Å². The van der Waals surface area contributed by atoms with Crippen LogP contribution in [0, 0.1) is 5.92 Å². The van der Waals surface area contributed by atoms with Crippen molar-refractivity contribution in [3.05, 3.63) is 60.1 Å². The molecule has 0 saturated carbocycles. The molecule has 0 unspecified atom stereocenters. The number of aliphatic hydroxyl groups is 1. The van der Waals surface area contributed by atoms with E-state index in [9.17, 15) is 9.90 Å². The van der Waals surface area contributed by atoms with Crippen LogP contribution in [0.3, 0.4) is 0 Å². The second-order valence-electron chi connectivity index (χ2n) is 7.34. The number of nitrogens with one attached hydrogen (secondary N) is 1. The number of pyridine rings is 1. The third-order valence-electron chi connectivity index (χ3n) is 5.34. The molecule has 2 aromatic rings. The number of amides is 1. The largest absolute Gasteiger partial charge is 0.459 e. The molecule has 8 heteroatoms. The molecule has 0 radical (unpaired) electrons. The number of carbonyl (C=O) groups excluding carboxylic acids is 1. The highest BCUT2D eigenvalue weighted by atomic mass is 16.7. The zero-order valence-electron chi connectivity index (χ0n) is 17.3. The smallest absolute Gasteiger partial charge is 0.290 e. The summed E-state index contributed by atoms with van der Waals surface area (Å²) in [6.45, 7) is 2.58. The van der Waals surface area contributed by atoms with Crippen molar-refractivity contribution < 1.29 is 28.8 Å². The Bertz CT molecular complexity index is 933. The van der Waals surface area contributed by atoms with Gasteiger partial charge in [0.15, 0.2) is 17.3 Å². The van der Waals surface area contributed by atoms with E-state index in [4.69, 9.17) is 18.9 Å². The van der Waals surface area contributed by atoms with Gasteiger partial charge in [-0.3, -0.25) is 9.78 Å². The zero-order valence-corrected chi connectivity index (χ0v) is 17.3. The number of nitrogens with zero attached hydrogens (tertiary/aromatic N) is 1. The van der Waals surface area contributed by atoms with Gasteiger partial charge in [0, 0.05) is 31.2 Å². The lowest BCUT2D eigenvalue weighted by Gasteiger charge is -2.37. The number of ether oxygens (including phenoxy) is 4. The van der Waals surface area contributed by atoms with Crippen LogP contribution in [0.25, 0.3) is 0 Å². The van der Waals surface area contributed by atoms with Gasteiger partial charge in [0.2, 0.25) is 13.1 Å². The fourth-order valence-corrected chi connectivity index (χ4v) is 3.89. The summed E-state index contributed by atoms with van der Waals surface area (Å²) in [7, 11) is 0. The second kappa shape index (κ2) is 9.80. The average molecular weight is 426 g/mol. The van der Waals surface area contributed by atoms with Gasteiger partial charge in [0.25, 0.3) is 5.91 Å². The first-order valence-electron chi connectivity index (χ1n) is 10.4. The number of anilines is 1. The third-order valence-corrected chi connectivity index (χ3v) is 5.34. The fourth-order valence-electron chi connectivity index (χ4n) is 3.89. The molecule has 0 bridgehead atoms. The number of aromatic nitrogens is 1. The Morgan fingerprint density at radius 3 is 2.94 bits per heavy atom. The predicted molar refractivity (Wildman–Crippen MR) is 113 cm³/mol. The third kappa shape index (κ3) is 4.81. The Kier molecular flexibility index (Phi) is 6.69. The maximum absolute atomic E-state index is 12.9. The minimum absolute atomic E-state index is 0.0707. The molecule has 1 aromatic heterocycles. The Morgan fingerprint density at radius 1 is 1.29 bits per heavy atom. The topological polar surface area (TPSA) is 99.1 Å². The van der Waals surface area contributed by atoms with Crippen molar-refractivity contribution in [2.24, 2.45) is 5.92 Å². The summed E-state index contributed by atoms with van der Waals surface area (Å²) < 4.78 is 22.8. The average Bonchev–Trinajstić information content (AvgIpc) is 3.26. The molecule has 3 atom stereocenters. The summed E-state index contributed by atoms with van der Waals surface area (Å²) in [5.74, 6) is 0.938. The van der Waals surface area contributed by atoms with E-state index in [-0.39, 0.29) is 36.9 Å². The first-order chi connectivity index (χ1) is 15.2. The molecule has 0 spiro atoms. The number of benzene rings is 1. The highest BCUT2D eigenvalue weighted by Gasteiger charge is 2.38. The molecule has 164 valence electrons. The molecule has 0 saturated heterocycles. The van der Waals surface area contributed by atoms with Crippen molar-refractivity contribution in [1.29, 1.82) is 0 Å². The summed E-state index contributed by atoms with van der Waals surface area (Å²) in [4.78, 5) is 16.9. The number of aliphatic hydroxyl groups excluding tert-OH is 1. The van der Waals surface area contributed by atoms with E-state index in [1.54, 1.807) is 24.5 Å². The number of carbonyl (C=O) groups is 1. The molecule has 3 heterocycles. The van der Waals surface area contributed by atoms with Crippen molar-refractivity contribution >= 4 is 11.6 Å². The molecule has 0 aliphatic carbocycles.